The van der Waals surface area contributed by atoms with Gasteiger partial charge in [0.25, 0.3) is 0 Å². The summed E-state index contributed by atoms with van der Waals surface area (Å²) in [7, 11) is 0. The number of carboxylic acid groups (broad SMARTS) is 1. The summed E-state index contributed by atoms with van der Waals surface area (Å²) in [4.78, 5) is 43.2. The summed E-state index contributed by atoms with van der Waals surface area (Å²) in [6.07, 6.45) is 13.9. The zero-order valence-corrected chi connectivity index (χ0v) is 28.8. The number of ketones is 1. The van der Waals surface area contributed by atoms with Crippen molar-refractivity contribution >= 4 is 17.7 Å². The number of allylic oxidation sites excluding steroid dienone is 2. The highest BCUT2D eigenvalue weighted by Gasteiger charge is 2.70. The van der Waals surface area contributed by atoms with Crippen LogP contribution < -0.4 is 5.32 Å². The molecule has 4 saturated carbocycles. The first-order chi connectivity index (χ1) is 20.5. The van der Waals surface area contributed by atoms with Crippen molar-refractivity contribution in [3.05, 3.63) is 11.6 Å². The van der Waals surface area contributed by atoms with E-state index in [9.17, 15) is 19.5 Å². The van der Waals surface area contributed by atoms with Crippen LogP contribution in [0.25, 0.3) is 0 Å². The molecule has 8 atom stereocenters. The first kappa shape index (κ1) is 32.3. The molecule has 5 fully saturated rings. The van der Waals surface area contributed by atoms with Gasteiger partial charge in [0.1, 0.15) is 0 Å². The van der Waals surface area contributed by atoms with Crippen molar-refractivity contribution in [1.29, 1.82) is 0 Å². The fourth-order valence-corrected chi connectivity index (χ4v) is 12.5. The Morgan fingerprint density at radius 2 is 1.61 bits per heavy atom. The molecule has 0 aromatic carbocycles. The van der Waals surface area contributed by atoms with E-state index in [2.05, 4.69) is 64.8 Å². The molecule has 44 heavy (non-hydrogen) atoms. The number of carbonyl (C=O) groups excluding carboxylic acids is 2. The van der Waals surface area contributed by atoms with E-state index >= 15 is 0 Å². The number of carbonyl (C=O) groups is 3. The smallest absolute Gasteiger partial charge is 0.310 e. The van der Waals surface area contributed by atoms with E-state index in [0.29, 0.717) is 18.9 Å². The number of hydrogen-bond donors (Lipinski definition) is 2. The van der Waals surface area contributed by atoms with E-state index in [1.807, 2.05) is 0 Å². The van der Waals surface area contributed by atoms with Gasteiger partial charge in [-0.3, -0.25) is 14.4 Å². The molecule has 6 aliphatic rings. The van der Waals surface area contributed by atoms with Crippen LogP contribution in [0, 0.1) is 56.2 Å². The average molecular weight is 609 g/mol. The van der Waals surface area contributed by atoms with E-state index in [4.69, 9.17) is 0 Å². The number of Topliss-reactive ketones (excluding diaryl/α,β-unsaturated/α-hetero) is 1. The second-order valence-electron chi connectivity index (χ2n) is 18.2. The second-order valence-corrected chi connectivity index (χ2v) is 18.2. The normalized spacial score (nSPS) is 44.4. The minimum atomic E-state index is -0.637. The van der Waals surface area contributed by atoms with Crippen LogP contribution in [0.5, 0.6) is 0 Å². The minimum Gasteiger partial charge on any atom is -0.481 e. The van der Waals surface area contributed by atoms with Crippen molar-refractivity contribution in [2.24, 2.45) is 56.2 Å². The Morgan fingerprint density at radius 3 is 2.30 bits per heavy atom. The van der Waals surface area contributed by atoms with Gasteiger partial charge in [0.15, 0.2) is 5.78 Å². The Morgan fingerprint density at radius 1 is 0.932 bits per heavy atom. The molecule has 246 valence electrons. The van der Waals surface area contributed by atoms with Crippen molar-refractivity contribution in [2.75, 3.05) is 26.2 Å². The van der Waals surface area contributed by atoms with Crippen molar-refractivity contribution in [1.82, 2.24) is 10.2 Å². The molecule has 4 unspecified atom stereocenters. The number of likely N-dealkylation sites (tertiary alicyclic amines) is 1. The summed E-state index contributed by atoms with van der Waals surface area (Å²) in [6.45, 7) is 20.2. The van der Waals surface area contributed by atoms with Crippen molar-refractivity contribution in [2.45, 2.75) is 126 Å². The van der Waals surface area contributed by atoms with Gasteiger partial charge in [-0.2, -0.15) is 0 Å². The lowest BCUT2D eigenvalue weighted by Gasteiger charge is -2.70. The largest absolute Gasteiger partial charge is 0.481 e. The highest BCUT2D eigenvalue weighted by atomic mass is 16.4. The quantitative estimate of drug-likeness (QED) is 0.188. The predicted molar refractivity (Wildman–Crippen MR) is 174 cm³/mol. The Hall–Kier alpha value is -1.69. The zero-order valence-electron chi connectivity index (χ0n) is 28.8. The van der Waals surface area contributed by atoms with Crippen molar-refractivity contribution in [3.8, 4) is 0 Å². The molecule has 1 amide bonds. The van der Waals surface area contributed by atoms with Gasteiger partial charge in [0, 0.05) is 12.0 Å². The summed E-state index contributed by atoms with van der Waals surface area (Å²) in [5.74, 6) is -0.429. The third-order valence-corrected chi connectivity index (χ3v) is 15.3. The van der Waals surface area contributed by atoms with E-state index in [-0.39, 0.29) is 45.2 Å². The van der Waals surface area contributed by atoms with Gasteiger partial charge in [-0.15, -0.1) is 0 Å². The lowest BCUT2D eigenvalue weighted by atomic mass is 9.33. The number of carboxylic acids is 1. The summed E-state index contributed by atoms with van der Waals surface area (Å²) in [6, 6.07) is 0. The Balaban J connectivity index is 1.29. The van der Waals surface area contributed by atoms with Crippen molar-refractivity contribution in [3.63, 3.8) is 0 Å². The van der Waals surface area contributed by atoms with Crippen molar-refractivity contribution < 1.29 is 19.5 Å². The molecular weight excluding hydrogens is 548 g/mol. The number of amides is 1. The Labute approximate surface area is 266 Å². The number of hydrogen-bond acceptors (Lipinski definition) is 4. The number of aliphatic carboxylic acids is 1. The van der Waals surface area contributed by atoms with Gasteiger partial charge in [0.05, 0.1) is 11.3 Å². The van der Waals surface area contributed by atoms with Gasteiger partial charge in [-0.05, 0) is 136 Å². The summed E-state index contributed by atoms with van der Waals surface area (Å²) < 4.78 is 0. The SMILES string of the molecule is CC1(C)CC[C@]2(C(=O)O)CC[C@]3(C)C(=CCC4[C@@]5(C)CC(C(=O)NCCCN6CCCC6)C(=O)C(C)(C)C5CC[C@]43C)C2C1. The van der Waals surface area contributed by atoms with Gasteiger partial charge in [0.2, 0.25) is 5.91 Å². The van der Waals surface area contributed by atoms with Crippen LogP contribution in [-0.4, -0.2) is 53.8 Å². The standard InChI is InChI=1S/C38H60N2O4/c1-33(2)15-17-38(32(43)44)18-16-36(6)26(27(38)24-33)11-12-29-35(5)23-25(31(42)39-19-10-22-40-20-8-9-21-40)30(41)34(3,4)28(35)13-14-37(29,36)7/h11,25,27-29H,8-10,12-24H2,1-7H3,(H,39,42)(H,43,44)/t25?,27?,28?,29?,35-,36+,37+,38-/m0/s1. The van der Waals surface area contributed by atoms with Crippen LogP contribution >= 0.6 is 0 Å². The van der Waals surface area contributed by atoms with Crippen LogP contribution in [0.15, 0.2) is 11.6 Å². The number of fused-ring (bicyclic) bond motifs is 7. The topological polar surface area (TPSA) is 86.7 Å². The van der Waals surface area contributed by atoms with E-state index < -0.39 is 22.7 Å². The van der Waals surface area contributed by atoms with Crippen LogP contribution in [0.3, 0.4) is 0 Å². The molecule has 1 saturated heterocycles. The summed E-state index contributed by atoms with van der Waals surface area (Å²) >= 11 is 0. The van der Waals surface area contributed by atoms with E-state index in [1.54, 1.807) is 0 Å². The van der Waals surface area contributed by atoms with E-state index in [0.717, 1.165) is 77.4 Å². The predicted octanol–water partition coefficient (Wildman–Crippen LogP) is 7.27. The van der Waals surface area contributed by atoms with Gasteiger partial charge >= 0.3 is 5.97 Å². The molecule has 6 heteroatoms. The molecule has 0 aromatic rings. The molecule has 6 rings (SSSR count). The fourth-order valence-electron chi connectivity index (χ4n) is 12.5. The average Bonchev–Trinajstić information content (AvgIpc) is 3.46. The lowest BCUT2D eigenvalue weighted by Crippen LogP contribution is -2.66. The number of rotatable bonds is 6. The maximum Gasteiger partial charge on any atom is 0.310 e. The first-order valence-electron chi connectivity index (χ1n) is 18.0. The first-order valence-corrected chi connectivity index (χ1v) is 18.0. The summed E-state index contributed by atoms with van der Waals surface area (Å²) in [5.41, 5.74) is 0.185. The maximum absolute atomic E-state index is 14.0. The highest BCUT2D eigenvalue weighted by molar-refractivity contribution is 6.04. The Bertz CT molecular complexity index is 1230. The highest BCUT2D eigenvalue weighted by Crippen LogP contribution is 2.75. The summed E-state index contributed by atoms with van der Waals surface area (Å²) in [5, 5.41) is 13.8. The molecular formula is C38H60N2O4. The van der Waals surface area contributed by atoms with Gasteiger partial charge in [-0.25, -0.2) is 0 Å². The lowest BCUT2D eigenvalue weighted by molar-refractivity contribution is -0.195. The third kappa shape index (κ3) is 4.60. The molecule has 5 aliphatic carbocycles. The molecule has 0 aromatic heterocycles. The zero-order chi connectivity index (χ0) is 31.9. The van der Waals surface area contributed by atoms with Crippen LogP contribution in [-0.2, 0) is 14.4 Å². The molecule has 1 aliphatic heterocycles. The fraction of sp³-hybridized carbons (Fsp3) is 0.868. The molecule has 1 heterocycles. The monoisotopic (exact) mass is 608 g/mol. The Kier molecular flexibility index (Phi) is 7.82. The molecule has 0 radical (unpaired) electrons. The number of nitrogens with zero attached hydrogens (tertiary/aromatic N) is 1. The minimum absolute atomic E-state index is 0.00179. The van der Waals surface area contributed by atoms with Gasteiger partial charge < -0.3 is 15.3 Å². The van der Waals surface area contributed by atoms with Gasteiger partial charge in [-0.1, -0.05) is 60.1 Å². The second kappa shape index (κ2) is 10.7. The molecule has 2 N–H and O–H groups in total. The maximum atomic E-state index is 14.0. The van der Waals surface area contributed by atoms with E-state index in [1.165, 1.54) is 18.4 Å². The van der Waals surface area contributed by atoms with Crippen LogP contribution in [0.1, 0.15) is 126 Å². The molecule has 6 nitrogen and oxygen atoms in total. The third-order valence-electron chi connectivity index (χ3n) is 15.3. The van der Waals surface area contributed by atoms with Crippen LogP contribution in [0.2, 0.25) is 0 Å². The number of nitrogens with one attached hydrogen (secondary N) is 1. The van der Waals surface area contributed by atoms with Crippen LogP contribution in [0.4, 0.5) is 0 Å². The molecule has 0 bridgehead atoms. The molecule has 0 spiro atoms.